The molecule has 1 aliphatic rings. The van der Waals surface area contributed by atoms with Crippen molar-refractivity contribution in [2.45, 2.75) is 25.4 Å². The highest BCUT2D eigenvalue weighted by Crippen LogP contribution is 2.16. The van der Waals surface area contributed by atoms with Gasteiger partial charge in [-0.15, -0.1) is 0 Å². The van der Waals surface area contributed by atoms with Gasteiger partial charge in [0.25, 0.3) is 0 Å². The second-order valence-corrected chi connectivity index (χ2v) is 5.56. The summed E-state index contributed by atoms with van der Waals surface area (Å²) in [7, 11) is 2.15. The molecule has 0 saturated carbocycles. The summed E-state index contributed by atoms with van der Waals surface area (Å²) in [5.41, 5.74) is 0.730. The lowest BCUT2D eigenvalue weighted by Crippen LogP contribution is -2.35. The quantitative estimate of drug-likeness (QED) is 0.920. The van der Waals surface area contributed by atoms with Crippen molar-refractivity contribution in [3.63, 3.8) is 0 Å². The molecule has 1 aliphatic heterocycles. The number of nitrogens with zero attached hydrogens (tertiary/aromatic N) is 1. The Morgan fingerprint density at radius 3 is 3.00 bits per heavy atom. The van der Waals surface area contributed by atoms with Crippen molar-refractivity contribution in [1.82, 2.24) is 10.2 Å². The zero-order chi connectivity index (χ0) is 12.3. The van der Waals surface area contributed by atoms with Crippen molar-refractivity contribution >= 4 is 15.9 Å². The number of hydrogen-bond donors (Lipinski definition) is 1. The van der Waals surface area contributed by atoms with E-state index in [9.17, 15) is 4.39 Å². The van der Waals surface area contributed by atoms with Gasteiger partial charge < -0.3 is 10.2 Å². The van der Waals surface area contributed by atoms with E-state index in [-0.39, 0.29) is 5.82 Å². The number of hydrogen-bond acceptors (Lipinski definition) is 2. The molecule has 0 radical (unpaired) electrons. The molecule has 2 nitrogen and oxygen atoms in total. The molecule has 1 aromatic carbocycles. The number of likely N-dealkylation sites (tertiary alicyclic amines) is 1. The lowest BCUT2D eigenvalue weighted by atomic mass is 10.2. The van der Waals surface area contributed by atoms with E-state index in [1.165, 1.54) is 25.5 Å². The van der Waals surface area contributed by atoms with Gasteiger partial charge in [-0.05, 0) is 38.6 Å². The standard InChI is InChI=1S/C13H18BrFN2/c1-17-6-2-3-12(17)9-16-8-10-4-5-11(14)7-13(10)15/h4-5,7,12,16H,2-3,6,8-9H2,1H3. The summed E-state index contributed by atoms with van der Waals surface area (Å²) >= 11 is 3.26. The SMILES string of the molecule is CN1CCCC1CNCc1ccc(Br)cc1F. The lowest BCUT2D eigenvalue weighted by Gasteiger charge is -2.19. The van der Waals surface area contributed by atoms with E-state index in [1.807, 2.05) is 12.1 Å². The Labute approximate surface area is 110 Å². The van der Waals surface area contributed by atoms with E-state index in [0.29, 0.717) is 12.6 Å². The first-order valence-electron chi connectivity index (χ1n) is 6.01. The highest BCUT2D eigenvalue weighted by molar-refractivity contribution is 9.10. The zero-order valence-electron chi connectivity index (χ0n) is 10.0. The molecule has 1 N–H and O–H groups in total. The van der Waals surface area contributed by atoms with Gasteiger partial charge in [-0.1, -0.05) is 22.0 Å². The highest BCUT2D eigenvalue weighted by atomic mass is 79.9. The van der Waals surface area contributed by atoms with Crippen molar-refractivity contribution in [2.75, 3.05) is 20.1 Å². The summed E-state index contributed by atoms with van der Waals surface area (Å²) < 4.78 is 14.3. The Morgan fingerprint density at radius 1 is 1.53 bits per heavy atom. The minimum absolute atomic E-state index is 0.147. The van der Waals surface area contributed by atoms with Crippen LogP contribution < -0.4 is 5.32 Å². The number of rotatable bonds is 4. The fourth-order valence-electron chi connectivity index (χ4n) is 2.28. The molecule has 1 heterocycles. The van der Waals surface area contributed by atoms with E-state index in [4.69, 9.17) is 0 Å². The van der Waals surface area contributed by atoms with Crippen LogP contribution in [-0.4, -0.2) is 31.1 Å². The third-order valence-electron chi connectivity index (χ3n) is 3.38. The van der Waals surface area contributed by atoms with Gasteiger partial charge in [-0.25, -0.2) is 4.39 Å². The maximum absolute atomic E-state index is 13.5. The molecule has 0 amide bonds. The molecule has 94 valence electrons. The number of benzene rings is 1. The fourth-order valence-corrected chi connectivity index (χ4v) is 2.61. The number of likely N-dealkylation sites (N-methyl/N-ethyl adjacent to an activating group) is 1. The summed E-state index contributed by atoms with van der Waals surface area (Å²) in [4.78, 5) is 2.37. The van der Waals surface area contributed by atoms with Gasteiger partial charge in [-0.3, -0.25) is 0 Å². The van der Waals surface area contributed by atoms with Crippen LogP contribution in [0.15, 0.2) is 22.7 Å². The molecule has 1 atom stereocenters. The van der Waals surface area contributed by atoms with Crippen molar-refractivity contribution < 1.29 is 4.39 Å². The normalized spacial score (nSPS) is 21.0. The molecular weight excluding hydrogens is 283 g/mol. The van der Waals surface area contributed by atoms with Gasteiger partial charge in [0, 0.05) is 29.2 Å². The third-order valence-corrected chi connectivity index (χ3v) is 3.88. The monoisotopic (exact) mass is 300 g/mol. The molecular formula is C13H18BrFN2. The first kappa shape index (κ1) is 13.0. The maximum atomic E-state index is 13.5. The van der Waals surface area contributed by atoms with Gasteiger partial charge >= 0.3 is 0 Å². The molecule has 1 unspecified atom stereocenters. The van der Waals surface area contributed by atoms with Gasteiger partial charge in [0.1, 0.15) is 5.82 Å². The van der Waals surface area contributed by atoms with Crippen LogP contribution in [0, 0.1) is 5.82 Å². The third kappa shape index (κ3) is 3.50. The minimum atomic E-state index is -0.147. The average Bonchev–Trinajstić information content (AvgIpc) is 2.68. The van der Waals surface area contributed by atoms with Crippen molar-refractivity contribution in [3.05, 3.63) is 34.1 Å². The first-order chi connectivity index (χ1) is 8.16. The summed E-state index contributed by atoms with van der Waals surface area (Å²) in [5.74, 6) is -0.147. The molecule has 0 spiro atoms. The van der Waals surface area contributed by atoms with Crippen LogP contribution in [0.5, 0.6) is 0 Å². The molecule has 0 aromatic heterocycles. The molecule has 0 bridgehead atoms. The highest BCUT2D eigenvalue weighted by Gasteiger charge is 2.19. The Balaban J connectivity index is 1.81. The van der Waals surface area contributed by atoms with Crippen molar-refractivity contribution in [2.24, 2.45) is 0 Å². The average molecular weight is 301 g/mol. The van der Waals surface area contributed by atoms with Gasteiger partial charge in [-0.2, -0.15) is 0 Å². The van der Waals surface area contributed by atoms with Crippen molar-refractivity contribution in [3.8, 4) is 0 Å². The second kappa shape index (κ2) is 5.94. The van der Waals surface area contributed by atoms with E-state index >= 15 is 0 Å². The Hall–Kier alpha value is -0.450. The smallest absolute Gasteiger partial charge is 0.128 e. The van der Waals surface area contributed by atoms with E-state index in [1.54, 1.807) is 0 Å². The number of nitrogens with one attached hydrogen (secondary N) is 1. The minimum Gasteiger partial charge on any atom is -0.311 e. The topological polar surface area (TPSA) is 15.3 Å². The molecule has 4 heteroatoms. The Morgan fingerprint density at radius 2 is 2.35 bits per heavy atom. The zero-order valence-corrected chi connectivity index (χ0v) is 11.6. The van der Waals surface area contributed by atoms with Crippen molar-refractivity contribution in [1.29, 1.82) is 0 Å². The van der Waals surface area contributed by atoms with Crippen LogP contribution in [0.25, 0.3) is 0 Å². The van der Waals surface area contributed by atoms with Gasteiger partial charge in [0.2, 0.25) is 0 Å². The van der Waals surface area contributed by atoms with Crippen LogP contribution in [0.4, 0.5) is 4.39 Å². The molecule has 2 rings (SSSR count). The first-order valence-corrected chi connectivity index (χ1v) is 6.81. The molecule has 0 aliphatic carbocycles. The Kier molecular flexibility index (Phi) is 4.54. The second-order valence-electron chi connectivity index (χ2n) is 4.64. The van der Waals surface area contributed by atoms with Crippen LogP contribution in [-0.2, 0) is 6.54 Å². The summed E-state index contributed by atoms with van der Waals surface area (Å²) in [6, 6.07) is 5.82. The Bertz CT molecular complexity index is 384. The van der Waals surface area contributed by atoms with Crippen LogP contribution in [0.1, 0.15) is 18.4 Å². The van der Waals surface area contributed by atoms with Crippen LogP contribution in [0.3, 0.4) is 0 Å². The van der Waals surface area contributed by atoms with Crippen LogP contribution >= 0.6 is 15.9 Å². The number of halogens is 2. The van der Waals surface area contributed by atoms with E-state index in [2.05, 4.69) is 33.2 Å². The molecule has 17 heavy (non-hydrogen) atoms. The van der Waals surface area contributed by atoms with Crippen LogP contribution in [0.2, 0.25) is 0 Å². The predicted molar refractivity (Wildman–Crippen MR) is 71.5 cm³/mol. The lowest BCUT2D eigenvalue weighted by molar-refractivity contribution is 0.300. The summed E-state index contributed by atoms with van der Waals surface area (Å²) in [6.07, 6.45) is 2.52. The van der Waals surface area contributed by atoms with Gasteiger partial charge in [0.05, 0.1) is 0 Å². The molecule has 1 aromatic rings. The maximum Gasteiger partial charge on any atom is 0.128 e. The predicted octanol–water partition coefficient (Wildman–Crippen LogP) is 2.77. The van der Waals surface area contributed by atoms with E-state index < -0.39 is 0 Å². The summed E-state index contributed by atoms with van der Waals surface area (Å²) in [6.45, 7) is 2.72. The summed E-state index contributed by atoms with van der Waals surface area (Å²) in [5, 5.41) is 3.34. The molecule has 1 saturated heterocycles. The van der Waals surface area contributed by atoms with E-state index in [0.717, 1.165) is 16.6 Å². The largest absolute Gasteiger partial charge is 0.311 e. The fraction of sp³-hybridized carbons (Fsp3) is 0.538. The molecule has 1 fully saturated rings. The van der Waals surface area contributed by atoms with Gasteiger partial charge in [0.15, 0.2) is 0 Å².